The zero-order valence-corrected chi connectivity index (χ0v) is 25.1. The minimum Gasteiger partial charge on any atom is -0.393 e. The van der Waals surface area contributed by atoms with Crippen LogP contribution in [0.25, 0.3) is 0 Å². The minimum atomic E-state index is -3.59. The summed E-state index contributed by atoms with van der Waals surface area (Å²) >= 11 is 0. The van der Waals surface area contributed by atoms with Crippen molar-refractivity contribution in [3.8, 4) is 0 Å². The van der Waals surface area contributed by atoms with Gasteiger partial charge in [0.15, 0.2) is 5.78 Å². The molecule has 0 bridgehead atoms. The van der Waals surface area contributed by atoms with E-state index < -0.39 is 25.0 Å². The number of carbonyl (C=O) groups is 1. The van der Waals surface area contributed by atoms with Crippen molar-refractivity contribution in [1.82, 2.24) is 0 Å². The Kier molecular flexibility index (Phi) is 10.3. The molecule has 1 unspecified atom stereocenters. The van der Waals surface area contributed by atoms with Crippen LogP contribution in [-0.2, 0) is 18.4 Å². The first-order valence-corrected chi connectivity index (χ1v) is 15.9. The molecule has 0 aliphatic heterocycles. The highest BCUT2D eigenvalue weighted by Gasteiger charge is 2.53. The lowest BCUT2D eigenvalue weighted by atomic mass is 9.61. The van der Waals surface area contributed by atoms with Crippen LogP contribution in [0.1, 0.15) is 85.5 Å². The first-order chi connectivity index (χ1) is 17.9. The Hall–Kier alpha value is -1.30. The van der Waals surface area contributed by atoms with Crippen LogP contribution in [0.4, 0.5) is 0 Å². The molecule has 0 aromatic rings. The maximum Gasteiger partial charge on any atom is 0.343 e. The highest BCUT2D eigenvalue weighted by Crippen LogP contribution is 2.63. The van der Waals surface area contributed by atoms with Crippen molar-refractivity contribution in [2.45, 2.75) is 103 Å². The van der Waals surface area contributed by atoms with Crippen LogP contribution in [0, 0.1) is 23.2 Å². The first kappa shape index (κ1) is 31.2. The molecule has 7 heteroatoms. The van der Waals surface area contributed by atoms with Crippen LogP contribution in [0.15, 0.2) is 47.6 Å². The monoisotopic (exact) mass is 548 g/mol. The van der Waals surface area contributed by atoms with Crippen molar-refractivity contribution in [2.75, 3.05) is 14.2 Å². The second kappa shape index (κ2) is 12.5. The fourth-order valence-corrected chi connectivity index (χ4v) is 9.65. The van der Waals surface area contributed by atoms with E-state index in [0.29, 0.717) is 37.5 Å². The van der Waals surface area contributed by atoms with E-state index in [1.165, 1.54) is 19.8 Å². The number of aliphatic hydroxyl groups excluding tert-OH is 2. The van der Waals surface area contributed by atoms with E-state index in [9.17, 15) is 19.6 Å². The molecule has 6 atom stereocenters. The SMILES string of the molecule is C=C1/C(=C\C=C2/CCC[C@@]3(C)C2CC[C@@H]3[C@H](C)/C=C/C(=O)C(CC)(CC)P(=O)(OC)OC)C[C@@H](O)C[C@@H]1O. The zero-order chi connectivity index (χ0) is 28.3. The Balaban J connectivity index is 1.80. The molecule has 0 radical (unpaired) electrons. The number of carbonyl (C=O) groups excluding carboxylic acids is 1. The lowest BCUT2D eigenvalue weighted by Crippen LogP contribution is -2.38. The van der Waals surface area contributed by atoms with Gasteiger partial charge in [0, 0.05) is 20.6 Å². The molecule has 3 saturated carbocycles. The molecule has 214 valence electrons. The number of ketones is 1. The summed E-state index contributed by atoms with van der Waals surface area (Å²) in [5.74, 6) is 0.930. The zero-order valence-electron chi connectivity index (χ0n) is 24.2. The number of rotatable bonds is 10. The molecule has 6 nitrogen and oxygen atoms in total. The fraction of sp³-hybridized carbons (Fsp3) is 0.710. The molecule has 0 aromatic heterocycles. The Morgan fingerprint density at radius 2 is 1.87 bits per heavy atom. The highest BCUT2D eigenvalue weighted by atomic mass is 31.2. The normalized spacial score (nSPS) is 33.7. The Bertz CT molecular complexity index is 1010. The van der Waals surface area contributed by atoms with Gasteiger partial charge in [0.1, 0.15) is 5.16 Å². The van der Waals surface area contributed by atoms with Crippen LogP contribution in [0.5, 0.6) is 0 Å². The lowest BCUT2D eigenvalue weighted by Gasteiger charge is -2.44. The van der Waals surface area contributed by atoms with Crippen molar-refractivity contribution in [3.63, 3.8) is 0 Å². The molecule has 0 heterocycles. The number of fused-ring (bicyclic) bond motifs is 1. The van der Waals surface area contributed by atoms with Crippen molar-refractivity contribution < 1.29 is 28.6 Å². The van der Waals surface area contributed by atoms with Crippen LogP contribution in [0.3, 0.4) is 0 Å². The molecular weight excluding hydrogens is 499 g/mol. The van der Waals surface area contributed by atoms with E-state index >= 15 is 0 Å². The van der Waals surface area contributed by atoms with Gasteiger partial charge in [-0.15, -0.1) is 0 Å². The van der Waals surface area contributed by atoms with Crippen LogP contribution in [0.2, 0.25) is 0 Å². The second-order valence-electron chi connectivity index (χ2n) is 11.8. The predicted octanol–water partition coefficient (Wildman–Crippen LogP) is 6.93. The summed E-state index contributed by atoms with van der Waals surface area (Å²) in [7, 11) is -0.894. The summed E-state index contributed by atoms with van der Waals surface area (Å²) in [5.41, 5.74) is 3.25. The van der Waals surface area contributed by atoms with E-state index in [1.54, 1.807) is 6.08 Å². The van der Waals surface area contributed by atoms with Crippen molar-refractivity contribution in [3.05, 3.63) is 47.6 Å². The third-order valence-electron chi connectivity index (χ3n) is 10.1. The van der Waals surface area contributed by atoms with Gasteiger partial charge in [0.2, 0.25) is 0 Å². The topological polar surface area (TPSA) is 93.1 Å². The second-order valence-corrected chi connectivity index (χ2v) is 14.4. The van der Waals surface area contributed by atoms with Crippen molar-refractivity contribution >= 4 is 13.4 Å². The Morgan fingerprint density at radius 1 is 1.21 bits per heavy atom. The van der Waals surface area contributed by atoms with Gasteiger partial charge in [-0.3, -0.25) is 9.36 Å². The van der Waals surface area contributed by atoms with Gasteiger partial charge in [-0.1, -0.05) is 58.1 Å². The molecule has 0 aromatic carbocycles. The summed E-state index contributed by atoms with van der Waals surface area (Å²) in [5, 5.41) is 19.1. The molecule has 3 aliphatic rings. The fourth-order valence-electron chi connectivity index (χ4n) is 7.68. The van der Waals surface area contributed by atoms with Crippen LogP contribution in [-0.4, -0.2) is 47.6 Å². The maximum absolute atomic E-state index is 13.5. The number of allylic oxidation sites excluding steroid dienone is 5. The number of hydrogen-bond donors (Lipinski definition) is 2. The van der Waals surface area contributed by atoms with Gasteiger partial charge in [0.25, 0.3) is 0 Å². The van der Waals surface area contributed by atoms with Crippen LogP contribution >= 0.6 is 7.60 Å². The van der Waals surface area contributed by atoms with Gasteiger partial charge in [0.05, 0.1) is 12.2 Å². The molecule has 0 saturated heterocycles. The summed E-state index contributed by atoms with van der Waals surface area (Å²) in [4.78, 5) is 13.5. The molecule has 3 aliphatic carbocycles. The first-order valence-electron chi connectivity index (χ1n) is 14.3. The lowest BCUT2D eigenvalue weighted by molar-refractivity contribution is -0.117. The number of aliphatic hydroxyl groups is 2. The average Bonchev–Trinajstić information content (AvgIpc) is 3.26. The van der Waals surface area contributed by atoms with Crippen molar-refractivity contribution in [1.29, 1.82) is 0 Å². The van der Waals surface area contributed by atoms with Gasteiger partial charge < -0.3 is 19.3 Å². The van der Waals surface area contributed by atoms with Gasteiger partial charge in [-0.05, 0) is 91.8 Å². The molecule has 0 spiro atoms. The molecule has 2 N–H and O–H groups in total. The summed E-state index contributed by atoms with van der Waals surface area (Å²) in [6, 6.07) is 0. The summed E-state index contributed by atoms with van der Waals surface area (Å²) < 4.78 is 23.9. The molecular formula is C31H49O6P. The van der Waals surface area contributed by atoms with Gasteiger partial charge >= 0.3 is 7.60 Å². The van der Waals surface area contributed by atoms with E-state index in [-0.39, 0.29) is 17.1 Å². The third-order valence-corrected chi connectivity index (χ3v) is 13.0. The highest BCUT2D eigenvalue weighted by molar-refractivity contribution is 7.56. The summed E-state index contributed by atoms with van der Waals surface area (Å²) in [6.45, 7) is 12.4. The molecule has 3 rings (SSSR count). The predicted molar refractivity (Wildman–Crippen MR) is 153 cm³/mol. The van der Waals surface area contributed by atoms with Gasteiger partial charge in [-0.2, -0.15) is 0 Å². The van der Waals surface area contributed by atoms with E-state index in [0.717, 1.165) is 43.3 Å². The van der Waals surface area contributed by atoms with Crippen LogP contribution < -0.4 is 0 Å². The van der Waals surface area contributed by atoms with E-state index in [4.69, 9.17) is 9.05 Å². The molecule has 0 amide bonds. The molecule has 38 heavy (non-hydrogen) atoms. The maximum atomic E-state index is 13.5. The standard InChI is InChI=1S/C31H49O6P/c1-8-31(9-2,38(35,36-6)37-7)29(34)17-12-21(3)26-15-16-27-23(11-10-18-30(26,27)5)13-14-24-19-25(32)20-28(33)22(24)4/h12-14,17,21,25-28,32-33H,4,8-11,15-16,18-20H2,1-3,5-7H3/b17-12+,23-13+,24-14-/t21-,25-,26-,27?,28+,30-/m1/s1. The molecule has 3 fully saturated rings. The van der Waals surface area contributed by atoms with Crippen molar-refractivity contribution in [2.24, 2.45) is 23.2 Å². The number of hydrogen-bond acceptors (Lipinski definition) is 6. The van der Waals surface area contributed by atoms with Gasteiger partial charge in [-0.25, -0.2) is 0 Å². The Labute approximate surface area is 229 Å². The third kappa shape index (κ3) is 5.63. The smallest absolute Gasteiger partial charge is 0.343 e. The largest absolute Gasteiger partial charge is 0.393 e. The minimum absolute atomic E-state index is 0.138. The Morgan fingerprint density at radius 3 is 2.47 bits per heavy atom. The summed E-state index contributed by atoms with van der Waals surface area (Å²) in [6.07, 6.45) is 14.0. The average molecular weight is 549 g/mol. The van der Waals surface area contributed by atoms with E-state index in [1.807, 2.05) is 19.9 Å². The van der Waals surface area contributed by atoms with E-state index in [2.05, 4.69) is 32.6 Å². The quantitative estimate of drug-likeness (QED) is 0.227.